The Bertz CT molecular complexity index is 396. The lowest BCUT2D eigenvalue weighted by Gasteiger charge is -2.28. The summed E-state index contributed by atoms with van der Waals surface area (Å²) in [7, 11) is 2.03. The molecule has 0 radical (unpaired) electrons. The molecule has 0 aliphatic carbocycles. The molecule has 1 aromatic rings. The Morgan fingerprint density at radius 2 is 2.17 bits per heavy atom. The van der Waals surface area contributed by atoms with Crippen molar-refractivity contribution in [2.45, 2.75) is 12.8 Å². The fourth-order valence-electron chi connectivity index (χ4n) is 2.30. The molecule has 98 valence electrons. The van der Waals surface area contributed by atoms with Crippen molar-refractivity contribution < 1.29 is 14.6 Å². The highest BCUT2D eigenvalue weighted by atomic mass is 16.5. The van der Waals surface area contributed by atoms with Crippen LogP contribution in [-0.4, -0.2) is 37.9 Å². The first kappa shape index (κ1) is 12.9. The lowest BCUT2D eigenvalue weighted by molar-refractivity contribution is 0.0576. The maximum atomic E-state index is 10.8. The van der Waals surface area contributed by atoms with Crippen LogP contribution in [0.2, 0.25) is 0 Å². The Morgan fingerprint density at radius 3 is 2.72 bits per heavy atom. The second-order valence-corrected chi connectivity index (χ2v) is 4.82. The normalized spacial score (nSPS) is 19.5. The Hall–Kier alpha value is -1.55. The number of carboxylic acid groups (broad SMARTS) is 1. The van der Waals surface area contributed by atoms with Gasteiger partial charge in [0.2, 0.25) is 0 Å². The van der Waals surface area contributed by atoms with E-state index in [9.17, 15) is 4.79 Å². The summed E-state index contributed by atoms with van der Waals surface area (Å²) in [4.78, 5) is 12.9. The topological polar surface area (TPSA) is 49.8 Å². The molecule has 1 aliphatic rings. The molecule has 1 aliphatic heterocycles. The van der Waals surface area contributed by atoms with Crippen LogP contribution in [0.4, 0.5) is 5.69 Å². The first-order chi connectivity index (χ1) is 8.66. The minimum atomic E-state index is -0.884. The van der Waals surface area contributed by atoms with Gasteiger partial charge in [-0.25, -0.2) is 4.79 Å². The number of hydrogen-bond acceptors (Lipinski definition) is 3. The Balaban J connectivity index is 1.95. The third-order valence-corrected chi connectivity index (χ3v) is 3.34. The van der Waals surface area contributed by atoms with Gasteiger partial charge in [0.15, 0.2) is 0 Å². The molecule has 4 nitrogen and oxygen atoms in total. The van der Waals surface area contributed by atoms with Crippen molar-refractivity contribution in [3.63, 3.8) is 0 Å². The number of anilines is 1. The Morgan fingerprint density at radius 1 is 1.44 bits per heavy atom. The zero-order valence-electron chi connectivity index (χ0n) is 10.6. The van der Waals surface area contributed by atoms with Crippen molar-refractivity contribution in [3.05, 3.63) is 29.8 Å². The number of benzene rings is 1. The van der Waals surface area contributed by atoms with Gasteiger partial charge in [0, 0.05) is 25.9 Å². The number of nitrogens with zero attached hydrogens (tertiary/aromatic N) is 1. The van der Waals surface area contributed by atoms with Gasteiger partial charge < -0.3 is 14.7 Å². The molecule has 1 unspecified atom stereocenters. The van der Waals surface area contributed by atoms with Crippen LogP contribution in [0.3, 0.4) is 0 Å². The molecule has 0 bridgehead atoms. The van der Waals surface area contributed by atoms with Crippen LogP contribution >= 0.6 is 0 Å². The maximum absolute atomic E-state index is 10.8. The van der Waals surface area contributed by atoms with Crippen LogP contribution in [0.1, 0.15) is 23.2 Å². The first-order valence-corrected chi connectivity index (χ1v) is 6.29. The highest BCUT2D eigenvalue weighted by Gasteiger charge is 2.16. The van der Waals surface area contributed by atoms with Crippen molar-refractivity contribution in [3.8, 4) is 0 Å². The molecule has 2 rings (SSSR count). The number of rotatable bonds is 4. The smallest absolute Gasteiger partial charge is 0.335 e. The first-order valence-electron chi connectivity index (χ1n) is 6.29. The second kappa shape index (κ2) is 5.87. The molecule has 4 heteroatoms. The van der Waals surface area contributed by atoms with Gasteiger partial charge in [-0.2, -0.15) is 0 Å². The van der Waals surface area contributed by atoms with Gasteiger partial charge in [-0.15, -0.1) is 0 Å². The quantitative estimate of drug-likeness (QED) is 0.889. The predicted molar refractivity (Wildman–Crippen MR) is 70.2 cm³/mol. The minimum absolute atomic E-state index is 0.327. The summed E-state index contributed by atoms with van der Waals surface area (Å²) in [5, 5.41) is 8.85. The second-order valence-electron chi connectivity index (χ2n) is 4.82. The molecule has 0 saturated carbocycles. The molecule has 1 aromatic carbocycles. The van der Waals surface area contributed by atoms with E-state index < -0.39 is 5.97 Å². The Labute approximate surface area is 107 Å². The molecule has 0 amide bonds. The minimum Gasteiger partial charge on any atom is -0.478 e. The van der Waals surface area contributed by atoms with Gasteiger partial charge in [-0.1, -0.05) is 0 Å². The fraction of sp³-hybridized carbons (Fsp3) is 0.500. The van der Waals surface area contributed by atoms with Crippen LogP contribution in [0.15, 0.2) is 24.3 Å². The van der Waals surface area contributed by atoms with E-state index in [0.717, 1.165) is 31.9 Å². The van der Waals surface area contributed by atoms with Gasteiger partial charge in [0.05, 0.1) is 12.2 Å². The third-order valence-electron chi connectivity index (χ3n) is 3.34. The summed E-state index contributed by atoms with van der Waals surface area (Å²) < 4.78 is 5.47. The van der Waals surface area contributed by atoms with E-state index in [4.69, 9.17) is 9.84 Å². The van der Waals surface area contributed by atoms with Crippen molar-refractivity contribution >= 4 is 11.7 Å². The summed E-state index contributed by atoms with van der Waals surface area (Å²) in [6.45, 7) is 2.66. The zero-order valence-corrected chi connectivity index (χ0v) is 10.6. The predicted octanol–water partition coefficient (Wildman–Crippen LogP) is 2.25. The maximum Gasteiger partial charge on any atom is 0.335 e. The molecule has 1 saturated heterocycles. The molecule has 1 N–H and O–H groups in total. The monoisotopic (exact) mass is 249 g/mol. The SMILES string of the molecule is CN(CC1CCCOC1)c1ccc(C(=O)O)cc1. The van der Waals surface area contributed by atoms with E-state index in [1.165, 1.54) is 6.42 Å². The summed E-state index contributed by atoms with van der Waals surface area (Å²) in [5.41, 5.74) is 1.37. The van der Waals surface area contributed by atoms with E-state index in [-0.39, 0.29) is 0 Å². The van der Waals surface area contributed by atoms with Gasteiger partial charge in [0.25, 0.3) is 0 Å². The lowest BCUT2D eigenvalue weighted by Crippen LogP contribution is -2.30. The standard InChI is InChI=1S/C14H19NO3/c1-15(9-11-3-2-8-18-10-11)13-6-4-12(5-7-13)14(16)17/h4-7,11H,2-3,8-10H2,1H3,(H,16,17). The van der Waals surface area contributed by atoms with Gasteiger partial charge in [-0.05, 0) is 43.0 Å². The van der Waals surface area contributed by atoms with Crippen molar-refractivity contribution in [1.29, 1.82) is 0 Å². The molecule has 1 heterocycles. The van der Waals surface area contributed by atoms with Crippen LogP contribution < -0.4 is 4.90 Å². The number of carbonyl (C=O) groups is 1. The molecule has 0 aromatic heterocycles. The van der Waals surface area contributed by atoms with E-state index in [1.54, 1.807) is 12.1 Å². The number of aromatic carboxylic acids is 1. The van der Waals surface area contributed by atoms with E-state index in [2.05, 4.69) is 4.90 Å². The summed E-state index contributed by atoms with van der Waals surface area (Å²) in [6, 6.07) is 7.00. The van der Waals surface area contributed by atoms with Crippen LogP contribution in [-0.2, 0) is 4.74 Å². The van der Waals surface area contributed by atoms with Gasteiger partial charge >= 0.3 is 5.97 Å². The highest BCUT2D eigenvalue weighted by Crippen LogP contribution is 2.19. The average molecular weight is 249 g/mol. The van der Waals surface area contributed by atoms with Crippen LogP contribution in [0.25, 0.3) is 0 Å². The van der Waals surface area contributed by atoms with Gasteiger partial charge in [0.1, 0.15) is 0 Å². The van der Waals surface area contributed by atoms with E-state index >= 15 is 0 Å². The summed E-state index contributed by atoms with van der Waals surface area (Å²) in [5.74, 6) is -0.312. The van der Waals surface area contributed by atoms with Crippen LogP contribution in [0.5, 0.6) is 0 Å². The van der Waals surface area contributed by atoms with Crippen molar-refractivity contribution in [1.82, 2.24) is 0 Å². The molecular weight excluding hydrogens is 230 g/mol. The molecule has 0 spiro atoms. The fourth-order valence-corrected chi connectivity index (χ4v) is 2.30. The highest BCUT2D eigenvalue weighted by molar-refractivity contribution is 5.88. The number of ether oxygens (including phenoxy) is 1. The summed E-state index contributed by atoms with van der Waals surface area (Å²) >= 11 is 0. The lowest BCUT2D eigenvalue weighted by atomic mass is 10.0. The van der Waals surface area contributed by atoms with Crippen molar-refractivity contribution in [2.24, 2.45) is 5.92 Å². The largest absolute Gasteiger partial charge is 0.478 e. The average Bonchev–Trinajstić information content (AvgIpc) is 2.40. The van der Waals surface area contributed by atoms with E-state index in [0.29, 0.717) is 11.5 Å². The van der Waals surface area contributed by atoms with E-state index in [1.807, 2.05) is 19.2 Å². The molecule has 1 fully saturated rings. The van der Waals surface area contributed by atoms with Crippen molar-refractivity contribution in [2.75, 3.05) is 31.7 Å². The summed E-state index contributed by atoms with van der Waals surface area (Å²) in [6.07, 6.45) is 2.34. The molecule has 1 atom stereocenters. The zero-order chi connectivity index (χ0) is 13.0. The molecular formula is C14H19NO3. The number of hydrogen-bond donors (Lipinski definition) is 1. The number of carboxylic acids is 1. The van der Waals surface area contributed by atoms with Gasteiger partial charge in [-0.3, -0.25) is 0 Å². The van der Waals surface area contributed by atoms with Crippen LogP contribution in [0, 0.1) is 5.92 Å². The molecule has 18 heavy (non-hydrogen) atoms. The third kappa shape index (κ3) is 3.23. The Kier molecular flexibility index (Phi) is 4.20.